The Morgan fingerprint density at radius 3 is 2.14 bits per heavy atom. The van der Waals surface area contributed by atoms with E-state index in [-0.39, 0.29) is 41.8 Å². The van der Waals surface area contributed by atoms with Gasteiger partial charge in [0.2, 0.25) is 11.8 Å². The van der Waals surface area contributed by atoms with Crippen LogP contribution in [0.25, 0.3) is 0 Å². The summed E-state index contributed by atoms with van der Waals surface area (Å²) in [7, 11) is 0. The molecular formula is C17H33N3O2. The first kappa shape index (κ1) is 18.9. The van der Waals surface area contributed by atoms with Gasteiger partial charge in [0.15, 0.2) is 0 Å². The van der Waals surface area contributed by atoms with E-state index in [0.717, 1.165) is 25.7 Å². The normalized spacial score (nSPS) is 25.0. The van der Waals surface area contributed by atoms with Crippen LogP contribution in [0.15, 0.2) is 0 Å². The molecule has 4 N–H and O–H groups in total. The predicted molar refractivity (Wildman–Crippen MR) is 89.1 cm³/mol. The van der Waals surface area contributed by atoms with E-state index in [2.05, 4.69) is 17.6 Å². The van der Waals surface area contributed by atoms with Gasteiger partial charge in [-0.3, -0.25) is 9.59 Å². The Labute approximate surface area is 134 Å². The standard InChI is InChI=1S/C17H33N3O2/c1-10(2)19-16(21)12(4)6-11(3)7-13(5)20-17(22)14-8-15(18)9-14/h10-15H,6-9,18H2,1-5H3,(H,19,21)(H,20,22). The lowest BCUT2D eigenvalue weighted by molar-refractivity contribution is -0.129. The van der Waals surface area contributed by atoms with Crippen LogP contribution in [0.4, 0.5) is 0 Å². The first-order valence-corrected chi connectivity index (χ1v) is 8.55. The molecule has 0 aromatic carbocycles. The average Bonchev–Trinajstić information content (AvgIpc) is 2.33. The number of carbonyl (C=O) groups is 2. The molecule has 0 saturated heterocycles. The van der Waals surface area contributed by atoms with Gasteiger partial charge in [-0.05, 0) is 52.4 Å². The number of amides is 2. The Balaban J connectivity index is 2.27. The van der Waals surface area contributed by atoms with Gasteiger partial charge in [0.05, 0.1) is 0 Å². The minimum atomic E-state index is 0.00457. The summed E-state index contributed by atoms with van der Waals surface area (Å²) in [6.07, 6.45) is 3.35. The lowest BCUT2D eigenvalue weighted by Gasteiger charge is -2.32. The van der Waals surface area contributed by atoms with E-state index in [4.69, 9.17) is 5.73 Å². The van der Waals surface area contributed by atoms with E-state index in [1.165, 1.54) is 0 Å². The highest BCUT2D eigenvalue weighted by molar-refractivity contribution is 5.80. The molecule has 0 heterocycles. The lowest BCUT2D eigenvalue weighted by Crippen LogP contribution is -2.47. The Morgan fingerprint density at radius 1 is 1.05 bits per heavy atom. The molecule has 1 rings (SSSR count). The highest BCUT2D eigenvalue weighted by Gasteiger charge is 2.32. The number of nitrogens with two attached hydrogens (primary N) is 1. The molecule has 1 aliphatic carbocycles. The largest absolute Gasteiger partial charge is 0.354 e. The Bertz CT molecular complexity index is 378. The van der Waals surface area contributed by atoms with Crippen LogP contribution in [0.1, 0.15) is 60.3 Å². The molecule has 3 unspecified atom stereocenters. The maximum absolute atomic E-state index is 12.0. The molecule has 1 saturated carbocycles. The van der Waals surface area contributed by atoms with E-state index >= 15 is 0 Å². The van der Waals surface area contributed by atoms with Crippen molar-refractivity contribution in [3.05, 3.63) is 0 Å². The van der Waals surface area contributed by atoms with Crippen LogP contribution in [-0.2, 0) is 9.59 Å². The predicted octanol–water partition coefficient (Wildman–Crippen LogP) is 1.81. The topological polar surface area (TPSA) is 84.2 Å². The second kappa shape index (κ2) is 8.51. The second-order valence-corrected chi connectivity index (χ2v) is 7.48. The maximum atomic E-state index is 12.0. The number of hydrogen-bond donors (Lipinski definition) is 3. The van der Waals surface area contributed by atoms with E-state index in [1.807, 2.05) is 27.7 Å². The number of rotatable bonds is 8. The van der Waals surface area contributed by atoms with E-state index < -0.39 is 0 Å². The van der Waals surface area contributed by atoms with Crippen molar-refractivity contribution in [3.63, 3.8) is 0 Å². The van der Waals surface area contributed by atoms with Gasteiger partial charge in [-0.15, -0.1) is 0 Å². The summed E-state index contributed by atoms with van der Waals surface area (Å²) in [5.41, 5.74) is 5.72. The summed E-state index contributed by atoms with van der Waals surface area (Å²) in [5.74, 6) is 0.745. The highest BCUT2D eigenvalue weighted by atomic mass is 16.2. The molecule has 5 nitrogen and oxygen atoms in total. The van der Waals surface area contributed by atoms with E-state index in [0.29, 0.717) is 5.92 Å². The molecule has 0 radical (unpaired) electrons. The fourth-order valence-electron chi connectivity index (χ4n) is 3.13. The fraction of sp³-hybridized carbons (Fsp3) is 0.882. The van der Waals surface area contributed by atoms with Gasteiger partial charge in [0.1, 0.15) is 0 Å². The first-order valence-electron chi connectivity index (χ1n) is 8.55. The van der Waals surface area contributed by atoms with Gasteiger partial charge < -0.3 is 16.4 Å². The second-order valence-electron chi connectivity index (χ2n) is 7.48. The van der Waals surface area contributed by atoms with Crippen molar-refractivity contribution in [1.29, 1.82) is 0 Å². The molecule has 0 aromatic heterocycles. The first-order chi connectivity index (χ1) is 10.2. The van der Waals surface area contributed by atoms with Crippen LogP contribution in [-0.4, -0.2) is 29.9 Å². The molecule has 128 valence electrons. The van der Waals surface area contributed by atoms with Crippen LogP contribution >= 0.6 is 0 Å². The summed E-state index contributed by atoms with van der Waals surface area (Å²) >= 11 is 0. The fourth-order valence-corrected chi connectivity index (χ4v) is 3.13. The molecule has 0 bridgehead atoms. The molecule has 3 atom stereocenters. The average molecular weight is 311 g/mol. The summed E-state index contributed by atoms with van der Waals surface area (Å²) in [6, 6.07) is 0.516. The maximum Gasteiger partial charge on any atom is 0.223 e. The van der Waals surface area contributed by atoms with Crippen LogP contribution in [0.2, 0.25) is 0 Å². The number of carbonyl (C=O) groups excluding carboxylic acids is 2. The van der Waals surface area contributed by atoms with Gasteiger partial charge in [-0.1, -0.05) is 13.8 Å². The summed E-state index contributed by atoms with van der Waals surface area (Å²) in [4.78, 5) is 23.9. The monoisotopic (exact) mass is 311 g/mol. The van der Waals surface area contributed by atoms with Crippen LogP contribution in [0.5, 0.6) is 0 Å². The van der Waals surface area contributed by atoms with Crippen LogP contribution in [0.3, 0.4) is 0 Å². The zero-order chi connectivity index (χ0) is 16.9. The van der Waals surface area contributed by atoms with Gasteiger partial charge >= 0.3 is 0 Å². The minimum Gasteiger partial charge on any atom is -0.354 e. The van der Waals surface area contributed by atoms with Crippen molar-refractivity contribution < 1.29 is 9.59 Å². The molecular weight excluding hydrogens is 278 g/mol. The van der Waals surface area contributed by atoms with Crippen molar-refractivity contribution in [2.45, 2.75) is 78.4 Å². The van der Waals surface area contributed by atoms with E-state index in [9.17, 15) is 9.59 Å². The molecule has 0 aromatic rings. The van der Waals surface area contributed by atoms with Crippen molar-refractivity contribution >= 4 is 11.8 Å². The SMILES string of the molecule is CC(CC(C)NC(=O)C1CC(N)C1)CC(C)C(=O)NC(C)C. The van der Waals surface area contributed by atoms with Gasteiger partial charge in [0, 0.05) is 30.0 Å². The Morgan fingerprint density at radius 2 is 1.64 bits per heavy atom. The molecule has 0 spiro atoms. The van der Waals surface area contributed by atoms with E-state index in [1.54, 1.807) is 0 Å². The van der Waals surface area contributed by atoms with Crippen molar-refractivity contribution in [2.75, 3.05) is 0 Å². The minimum absolute atomic E-state index is 0.00457. The lowest BCUT2D eigenvalue weighted by atomic mass is 9.80. The van der Waals surface area contributed by atoms with Crippen molar-refractivity contribution in [2.24, 2.45) is 23.5 Å². The molecule has 2 amide bonds. The molecule has 1 aliphatic rings. The third-order valence-corrected chi connectivity index (χ3v) is 4.32. The van der Waals surface area contributed by atoms with Crippen LogP contribution in [0, 0.1) is 17.8 Å². The van der Waals surface area contributed by atoms with Crippen LogP contribution < -0.4 is 16.4 Å². The van der Waals surface area contributed by atoms with Gasteiger partial charge in [-0.2, -0.15) is 0 Å². The molecule has 0 aliphatic heterocycles. The van der Waals surface area contributed by atoms with Gasteiger partial charge in [0.25, 0.3) is 0 Å². The number of hydrogen-bond acceptors (Lipinski definition) is 3. The smallest absolute Gasteiger partial charge is 0.223 e. The zero-order valence-electron chi connectivity index (χ0n) is 14.7. The molecule has 5 heteroatoms. The van der Waals surface area contributed by atoms with Crippen molar-refractivity contribution in [1.82, 2.24) is 10.6 Å². The highest BCUT2D eigenvalue weighted by Crippen LogP contribution is 2.26. The summed E-state index contributed by atoms with van der Waals surface area (Å²) in [5, 5.41) is 6.02. The zero-order valence-corrected chi connectivity index (χ0v) is 14.7. The third-order valence-electron chi connectivity index (χ3n) is 4.32. The molecule has 1 fully saturated rings. The Kier molecular flexibility index (Phi) is 7.33. The quantitative estimate of drug-likeness (QED) is 0.639. The summed E-state index contributed by atoms with van der Waals surface area (Å²) in [6.45, 7) is 10.1. The Hall–Kier alpha value is -1.10. The summed E-state index contributed by atoms with van der Waals surface area (Å²) < 4.78 is 0. The molecule has 22 heavy (non-hydrogen) atoms. The number of nitrogens with one attached hydrogen (secondary N) is 2. The van der Waals surface area contributed by atoms with Gasteiger partial charge in [-0.25, -0.2) is 0 Å². The van der Waals surface area contributed by atoms with Crippen molar-refractivity contribution in [3.8, 4) is 0 Å². The third kappa shape index (κ3) is 6.34.